The summed E-state index contributed by atoms with van der Waals surface area (Å²) in [6, 6.07) is 8.18. The first-order chi connectivity index (χ1) is 9.81. The quantitative estimate of drug-likeness (QED) is 0.779. The van der Waals surface area contributed by atoms with Gasteiger partial charge in [-0.15, -0.1) is 0 Å². The molecule has 20 heavy (non-hydrogen) atoms. The predicted octanol–water partition coefficient (Wildman–Crippen LogP) is 2.62. The standard InChI is InChI=1S/C16H25NO3/c1-3-18-15-7-4-5-8-16(15)20-12-11-19-14-9-6-10-17-13(14)2/h4-5,7-8,13-14,17H,3,6,9-12H2,1-2H3. The van der Waals surface area contributed by atoms with Crippen LogP contribution in [0.5, 0.6) is 11.5 Å². The Bertz CT molecular complexity index is 397. The van der Waals surface area contributed by atoms with Crippen LogP contribution in [0.3, 0.4) is 0 Å². The summed E-state index contributed by atoms with van der Waals surface area (Å²) >= 11 is 0. The molecule has 2 atom stereocenters. The van der Waals surface area contributed by atoms with Gasteiger partial charge in [-0.05, 0) is 45.4 Å². The molecule has 0 aliphatic carbocycles. The Morgan fingerprint density at radius 2 is 1.90 bits per heavy atom. The molecule has 2 rings (SSSR count). The summed E-state index contributed by atoms with van der Waals surface area (Å²) < 4.78 is 17.2. The lowest BCUT2D eigenvalue weighted by Gasteiger charge is -2.29. The van der Waals surface area contributed by atoms with E-state index in [1.54, 1.807) is 0 Å². The first-order valence-corrected chi connectivity index (χ1v) is 7.51. The van der Waals surface area contributed by atoms with Crippen molar-refractivity contribution >= 4 is 0 Å². The van der Waals surface area contributed by atoms with Crippen LogP contribution in [0.25, 0.3) is 0 Å². The second kappa shape index (κ2) is 8.12. The van der Waals surface area contributed by atoms with E-state index >= 15 is 0 Å². The molecule has 1 fully saturated rings. The molecule has 1 aliphatic rings. The first kappa shape index (κ1) is 15.1. The van der Waals surface area contributed by atoms with E-state index in [0.717, 1.165) is 24.5 Å². The van der Waals surface area contributed by atoms with Gasteiger partial charge in [-0.25, -0.2) is 0 Å². The minimum absolute atomic E-state index is 0.300. The molecule has 0 radical (unpaired) electrons. The van der Waals surface area contributed by atoms with Gasteiger partial charge in [0, 0.05) is 6.04 Å². The lowest BCUT2D eigenvalue weighted by atomic mass is 10.0. The molecule has 1 aromatic rings. The van der Waals surface area contributed by atoms with Gasteiger partial charge < -0.3 is 19.5 Å². The van der Waals surface area contributed by atoms with Crippen molar-refractivity contribution in [1.29, 1.82) is 0 Å². The summed E-state index contributed by atoms with van der Waals surface area (Å²) in [4.78, 5) is 0. The summed E-state index contributed by atoms with van der Waals surface area (Å²) in [6.45, 7) is 7.04. The van der Waals surface area contributed by atoms with Gasteiger partial charge in [0.15, 0.2) is 11.5 Å². The largest absolute Gasteiger partial charge is 0.490 e. The predicted molar refractivity (Wildman–Crippen MR) is 79.5 cm³/mol. The molecule has 4 nitrogen and oxygen atoms in total. The SMILES string of the molecule is CCOc1ccccc1OCCOC1CCCNC1C. The average Bonchev–Trinajstić information content (AvgIpc) is 2.47. The van der Waals surface area contributed by atoms with E-state index in [4.69, 9.17) is 14.2 Å². The minimum atomic E-state index is 0.300. The van der Waals surface area contributed by atoms with Crippen LogP contribution in [-0.2, 0) is 4.74 Å². The number of nitrogens with one attached hydrogen (secondary N) is 1. The summed E-state index contributed by atoms with van der Waals surface area (Å²) in [5, 5.41) is 3.43. The van der Waals surface area contributed by atoms with Crippen LogP contribution >= 0.6 is 0 Å². The van der Waals surface area contributed by atoms with Crippen LogP contribution in [0, 0.1) is 0 Å². The summed E-state index contributed by atoms with van der Waals surface area (Å²) in [7, 11) is 0. The summed E-state index contributed by atoms with van der Waals surface area (Å²) in [6.07, 6.45) is 2.61. The third kappa shape index (κ3) is 4.39. The highest BCUT2D eigenvalue weighted by atomic mass is 16.5. The van der Waals surface area contributed by atoms with E-state index in [0.29, 0.717) is 32.0 Å². The Labute approximate surface area is 121 Å². The molecule has 0 spiro atoms. The van der Waals surface area contributed by atoms with Gasteiger partial charge in [0.05, 0.1) is 19.3 Å². The Morgan fingerprint density at radius 3 is 2.60 bits per heavy atom. The van der Waals surface area contributed by atoms with E-state index in [-0.39, 0.29) is 0 Å². The molecule has 1 aliphatic heterocycles. The van der Waals surface area contributed by atoms with Crippen molar-refractivity contribution in [3.05, 3.63) is 24.3 Å². The Morgan fingerprint density at radius 1 is 1.15 bits per heavy atom. The zero-order chi connectivity index (χ0) is 14.2. The smallest absolute Gasteiger partial charge is 0.161 e. The number of hydrogen-bond donors (Lipinski definition) is 1. The monoisotopic (exact) mass is 279 g/mol. The summed E-state index contributed by atoms with van der Waals surface area (Å²) in [5.41, 5.74) is 0. The Kier molecular flexibility index (Phi) is 6.15. The van der Waals surface area contributed by atoms with Crippen molar-refractivity contribution in [3.8, 4) is 11.5 Å². The fraction of sp³-hybridized carbons (Fsp3) is 0.625. The van der Waals surface area contributed by atoms with Crippen LogP contribution in [0.1, 0.15) is 26.7 Å². The Hall–Kier alpha value is -1.26. The van der Waals surface area contributed by atoms with Crippen molar-refractivity contribution in [1.82, 2.24) is 5.32 Å². The van der Waals surface area contributed by atoms with Gasteiger partial charge in [-0.1, -0.05) is 12.1 Å². The van der Waals surface area contributed by atoms with Crippen LogP contribution in [0.4, 0.5) is 0 Å². The number of piperidine rings is 1. The molecule has 112 valence electrons. The normalized spacial score (nSPS) is 22.5. The lowest BCUT2D eigenvalue weighted by Crippen LogP contribution is -2.44. The highest BCUT2D eigenvalue weighted by Gasteiger charge is 2.20. The molecule has 1 saturated heterocycles. The van der Waals surface area contributed by atoms with Crippen LogP contribution < -0.4 is 14.8 Å². The van der Waals surface area contributed by atoms with Crippen LogP contribution in [-0.4, -0.2) is 38.5 Å². The number of para-hydroxylation sites is 2. The molecule has 0 aromatic heterocycles. The van der Waals surface area contributed by atoms with Gasteiger partial charge in [0.1, 0.15) is 6.61 Å². The van der Waals surface area contributed by atoms with Crippen LogP contribution in [0.2, 0.25) is 0 Å². The highest BCUT2D eigenvalue weighted by molar-refractivity contribution is 5.39. The fourth-order valence-corrected chi connectivity index (χ4v) is 2.44. The molecule has 2 unspecified atom stereocenters. The van der Waals surface area contributed by atoms with Crippen molar-refractivity contribution in [2.75, 3.05) is 26.4 Å². The fourth-order valence-electron chi connectivity index (χ4n) is 2.44. The molecule has 0 bridgehead atoms. The number of rotatable bonds is 7. The van der Waals surface area contributed by atoms with Crippen LogP contribution in [0.15, 0.2) is 24.3 Å². The summed E-state index contributed by atoms with van der Waals surface area (Å²) in [5.74, 6) is 1.58. The lowest BCUT2D eigenvalue weighted by molar-refractivity contribution is -0.00108. The topological polar surface area (TPSA) is 39.7 Å². The highest BCUT2D eigenvalue weighted by Crippen LogP contribution is 2.26. The van der Waals surface area contributed by atoms with E-state index in [1.165, 1.54) is 6.42 Å². The molecular weight excluding hydrogens is 254 g/mol. The first-order valence-electron chi connectivity index (χ1n) is 7.51. The third-order valence-electron chi connectivity index (χ3n) is 3.51. The Balaban J connectivity index is 1.73. The average molecular weight is 279 g/mol. The van der Waals surface area contributed by atoms with Gasteiger partial charge >= 0.3 is 0 Å². The maximum absolute atomic E-state index is 5.89. The molecule has 4 heteroatoms. The van der Waals surface area contributed by atoms with Crippen molar-refractivity contribution in [2.24, 2.45) is 0 Å². The maximum Gasteiger partial charge on any atom is 0.161 e. The van der Waals surface area contributed by atoms with Gasteiger partial charge in [-0.2, -0.15) is 0 Å². The number of ether oxygens (including phenoxy) is 3. The van der Waals surface area contributed by atoms with E-state index in [9.17, 15) is 0 Å². The molecule has 0 amide bonds. The molecule has 1 heterocycles. The minimum Gasteiger partial charge on any atom is -0.490 e. The van der Waals surface area contributed by atoms with Gasteiger partial charge in [0.2, 0.25) is 0 Å². The number of benzene rings is 1. The maximum atomic E-state index is 5.89. The van der Waals surface area contributed by atoms with Crippen molar-refractivity contribution < 1.29 is 14.2 Å². The van der Waals surface area contributed by atoms with E-state index < -0.39 is 0 Å². The zero-order valence-electron chi connectivity index (χ0n) is 12.4. The van der Waals surface area contributed by atoms with E-state index in [2.05, 4.69) is 12.2 Å². The number of hydrogen-bond acceptors (Lipinski definition) is 4. The third-order valence-corrected chi connectivity index (χ3v) is 3.51. The van der Waals surface area contributed by atoms with E-state index in [1.807, 2.05) is 31.2 Å². The zero-order valence-corrected chi connectivity index (χ0v) is 12.4. The van der Waals surface area contributed by atoms with Crippen molar-refractivity contribution in [2.45, 2.75) is 38.8 Å². The van der Waals surface area contributed by atoms with Gasteiger partial charge in [-0.3, -0.25) is 0 Å². The second-order valence-corrected chi connectivity index (χ2v) is 5.02. The molecule has 1 N–H and O–H groups in total. The molecule has 0 saturated carbocycles. The van der Waals surface area contributed by atoms with Crippen molar-refractivity contribution in [3.63, 3.8) is 0 Å². The molecular formula is C16H25NO3. The second-order valence-electron chi connectivity index (χ2n) is 5.02. The van der Waals surface area contributed by atoms with Gasteiger partial charge in [0.25, 0.3) is 0 Å². The molecule has 1 aromatic carbocycles.